The molecule has 8 nitrogen and oxygen atoms in total. The van der Waals surface area contributed by atoms with E-state index in [0.717, 1.165) is 10.8 Å². The van der Waals surface area contributed by atoms with Crippen LogP contribution in [0.2, 0.25) is 0 Å². The molecule has 4 rings (SSSR count). The molecule has 0 spiro atoms. The lowest BCUT2D eigenvalue weighted by atomic mass is 10.1. The van der Waals surface area contributed by atoms with E-state index in [9.17, 15) is 5.11 Å². The van der Waals surface area contributed by atoms with Crippen molar-refractivity contribution < 1.29 is 23.7 Å². The zero-order valence-electron chi connectivity index (χ0n) is 16.6. The molecule has 3 aromatic carbocycles. The third-order valence-corrected chi connectivity index (χ3v) is 4.52. The molecule has 152 valence electrons. The van der Waals surface area contributed by atoms with Gasteiger partial charge in [0, 0.05) is 10.9 Å². The SMILES string of the molecule is COc1cc(-c2nc(N=Nc3cccc4ccccc34)c(O)o2)cc(OC)c1OC. The quantitative estimate of drug-likeness (QED) is 0.417. The minimum Gasteiger partial charge on any atom is -0.493 e. The standard InChI is InChI=1S/C22H19N3O5/c1-27-17-11-14(12-18(28-2)19(17)29-3)21-23-20(22(26)30-21)25-24-16-10-6-8-13-7-4-5-9-15(13)16/h4-12,26H,1-3H3. The van der Waals surface area contributed by atoms with Crippen LogP contribution in [0.25, 0.3) is 22.2 Å². The van der Waals surface area contributed by atoms with Crippen LogP contribution in [0.4, 0.5) is 11.5 Å². The Balaban J connectivity index is 1.71. The molecule has 0 aliphatic carbocycles. The molecule has 0 saturated carbocycles. The monoisotopic (exact) mass is 405 g/mol. The molecule has 1 heterocycles. The van der Waals surface area contributed by atoms with E-state index >= 15 is 0 Å². The van der Waals surface area contributed by atoms with Crippen LogP contribution >= 0.6 is 0 Å². The van der Waals surface area contributed by atoms with Gasteiger partial charge in [0.1, 0.15) is 0 Å². The second kappa shape index (κ2) is 8.12. The molecule has 0 unspecified atom stereocenters. The smallest absolute Gasteiger partial charge is 0.332 e. The Morgan fingerprint density at radius 1 is 0.867 bits per heavy atom. The fourth-order valence-electron chi connectivity index (χ4n) is 3.09. The number of aromatic hydroxyl groups is 1. The maximum Gasteiger partial charge on any atom is 0.332 e. The number of fused-ring (bicyclic) bond motifs is 1. The maximum atomic E-state index is 10.2. The predicted octanol–water partition coefficient (Wildman–Crippen LogP) is 5.64. The molecule has 0 radical (unpaired) electrons. The van der Waals surface area contributed by atoms with Crippen molar-refractivity contribution in [2.45, 2.75) is 0 Å². The number of ether oxygens (including phenoxy) is 3. The number of azo groups is 1. The molecular weight excluding hydrogens is 386 g/mol. The van der Waals surface area contributed by atoms with Crippen LogP contribution in [0, 0.1) is 0 Å². The Morgan fingerprint density at radius 3 is 2.27 bits per heavy atom. The zero-order chi connectivity index (χ0) is 21.1. The van der Waals surface area contributed by atoms with Crippen LogP contribution in [0.3, 0.4) is 0 Å². The van der Waals surface area contributed by atoms with Gasteiger partial charge in [-0.25, -0.2) is 0 Å². The van der Waals surface area contributed by atoms with Gasteiger partial charge in [0.15, 0.2) is 11.5 Å². The molecule has 30 heavy (non-hydrogen) atoms. The van der Waals surface area contributed by atoms with Crippen LogP contribution in [-0.2, 0) is 0 Å². The summed E-state index contributed by atoms with van der Waals surface area (Å²) in [6.45, 7) is 0. The minimum atomic E-state index is -0.442. The molecule has 0 fully saturated rings. The van der Waals surface area contributed by atoms with Crippen LogP contribution in [0.15, 0.2) is 69.2 Å². The summed E-state index contributed by atoms with van der Waals surface area (Å²) in [5.74, 6) is 0.968. The van der Waals surface area contributed by atoms with Crippen molar-refractivity contribution in [1.29, 1.82) is 0 Å². The van der Waals surface area contributed by atoms with E-state index in [1.165, 1.54) is 21.3 Å². The molecule has 4 aromatic rings. The van der Waals surface area contributed by atoms with E-state index in [1.54, 1.807) is 12.1 Å². The summed E-state index contributed by atoms with van der Waals surface area (Å²) < 4.78 is 21.4. The average molecular weight is 405 g/mol. The Kier molecular flexibility index (Phi) is 5.21. The van der Waals surface area contributed by atoms with E-state index in [1.807, 2.05) is 42.5 Å². The fourth-order valence-corrected chi connectivity index (χ4v) is 3.09. The average Bonchev–Trinajstić information content (AvgIpc) is 3.16. The fraction of sp³-hybridized carbons (Fsp3) is 0.136. The molecule has 0 aliphatic rings. The lowest BCUT2D eigenvalue weighted by Gasteiger charge is -2.12. The van der Waals surface area contributed by atoms with Gasteiger partial charge in [-0.05, 0) is 23.6 Å². The van der Waals surface area contributed by atoms with Crippen LogP contribution in [-0.4, -0.2) is 31.4 Å². The van der Waals surface area contributed by atoms with Crippen molar-refractivity contribution in [3.63, 3.8) is 0 Å². The maximum absolute atomic E-state index is 10.2. The lowest BCUT2D eigenvalue weighted by molar-refractivity contribution is 0.323. The van der Waals surface area contributed by atoms with Crippen LogP contribution in [0.5, 0.6) is 23.2 Å². The van der Waals surface area contributed by atoms with Gasteiger partial charge in [-0.2, -0.15) is 4.98 Å². The molecule has 0 saturated heterocycles. The largest absolute Gasteiger partial charge is 0.493 e. The summed E-state index contributed by atoms with van der Waals surface area (Å²) in [6.07, 6.45) is 0. The van der Waals surface area contributed by atoms with E-state index in [2.05, 4.69) is 15.2 Å². The van der Waals surface area contributed by atoms with Gasteiger partial charge in [-0.3, -0.25) is 0 Å². The Morgan fingerprint density at radius 2 is 1.57 bits per heavy atom. The van der Waals surface area contributed by atoms with Crippen molar-refractivity contribution in [3.8, 4) is 34.6 Å². The third-order valence-electron chi connectivity index (χ3n) is 4.52. The minimum absolute atomic E-state index is 0.0355. The highest BCUT2D eigenvalue weighted by atomic mass is 16.5. The van der Waals surface area contributed by atoms with E-state index in [0.29, 0.717) is 28.5 Å². The highest BCUT2D eigenvalue weighted by Crippen LogP contribution is 2.42. The first-order valence-corrected chi connectivity index (χ1v) is 9.04. The number of oxazole rings is 1. The number of benzene rings is 3. The van der Waals surface area contributed by atoms with Crippen molar-refractivity contribution in [3.05, 3.63) is 54.6 Å². The van der Waals surface area contributed by atoms with Crippen molar-refractivity contribution in [2.24, 2.45) is 10.2 Å². The van der Waals surface area contributed by atoms with Gasteiger partial charge in [-0.1, -0.05) is 36.4 Å². The normalized spacial score (nSPS) is 11.2. The Hall–Kier alpha value is -4.07. The van der Waals surface area contributed by atoms with Crippen LogP contribution < -0.4 is 14.2 Å². The molecule has 0 amide bonds. The summed E-state index contributed by atoms with van der Waals surface area (Å²) in [6, 6.07) is 16.9. The summed E-state index contributed by atoms with van der Waals surface area (Å²) in [7, 11) is 4.54. The number of hydrogen-bond acceptors (Lipinski definition) is 8. The third kappa shape index (κ3) is 3.50. The van der Waals surface area contributed by atoms with Gasteiger partial charge in [-0.15, -0.1) is 10.2 Å². The van der Waals surface area contributed by atoms with Crippen molar-refractivity contribution in [1.82, 2.24) is 4.98 Å². The summed E-state index contributed by atoms with van der Waals surface area (Å²) in [4.78, 5) is 4.25. The second-order valence-electron chi connectivity index (χ2n) is 6.26. The molecule has 0 aliphatic heterocycles. The number of aromatic nitrogens is 1. The van der Waals surface area contributed by atoms with Crippen molar-refractivity contribution in [2.75, 3.05) is 21.3 Å². The lowest BCUT2D eigenvalue weighted by Crippen LogP contribution is -1.95. The summed E-state index contributed by atoms with van der Waals surface area (Å²) in [5.41, 5.74) is 1.18. The second-order valence-corrected chi connectivity index (χ2v) is 6.26. The van der Waals surface area contributed by atoms with Gasteiger partial charge >= 0.3 is 5.95 Å². The topological polar surface area (TPSA) is 98.7 Å². The first-order chi connectivity index (χ1) is 14.6. The first kappa shape index (κ1) is 19.3. The number of rotatable bonds is 6. The molecule has 8 heteroatoms. The van der Waals surface area contributed by atoms with Gasteiger partial charge < -0.3 is 23.7 Å². The molecular formula is C22H19N3O5. The Bertz CT molecular complexity index is 1200. The number of hydrogen-bond donors (Lipinski definition) is 1. The number of methoxy groups -OCH3 is 3. The van der Waals surface area contributed by atoms with Gasteiger partial charge in [0.2, 0.25) is 11.6 Å². The van der Waals surface area contributed by atoms with E-state index < -0.39 is 5.95 Å². The summed E-state index contributed by atoms with van der Waals surface area (Å²) in [5, 5.41) is 20.5. The molecule has 0 atom stereocenters. The highest BCUT2D eigenvalue weighted by Gasteiger charge is 2.19. The van der Waals surface area contributed by atoms with E-state index in [-0.39, 0.29) is 11.7 Å². The van der Waals surface area contributed by atoms with E-state index in [4.69, 9.17) is 18.6 Å². The Labute approximate surface area is 172 Å². The molecule has 0 bridgehead atoms. The van der Waals surface area contributed by atoms with Crippen molar-refractivity contribution >= 4 is 22.3 Å². The molecule has 1 aromatic heterocycles. The molecule has 1 N–H and O–H groups in total. The predicted molar refractivity (Wildman–Crippen MR) is 111 cm³/mol. The zero-order valence-corrected chi connectivity index (χ0v) is 16.6. The van der Waals surface area contributed by atoms with Crippen LogP contribution in [0.1, 0.15) is 0 Å². The van der Waals surface area contributed by atoms with Gasteiger partial charge in [0.25, 0.3) is 5.82 Å². The first-order valence-electron chi connectivity index (χ1n) is 9.04. The van der Waals surface area contributed by atoms with Gasteiger partial charge in [0.05, 0.1) is 27.0 Å². The highest BCUT2D eigenvalue weighted by molar-refractivity contribution is 5.92. The summed E-state index contributed by atoms with van der Waals surface area (Å²) >= 11 is 0. The number of nitrogens with zero attached hydrogens (tertiary/aromatic N) is 3.